The van der Waals surface area contributed by atoms with Crippen molar-refractivity contribution in [2.24, 2.45) is 0 Å². The largest absolute Gasteiger partial charge is 0.379 e. The van der Waals surface area contributed by atoms with Crippen LogP contribution >= 0.6 is 0 Å². The van der Waals surface area contributed by atoms with Crippen LogP contribution in [0.5, 0.6) is 0 Å². The Hall–Kier alpha value is -0.630. The second-order valence-corrected chi connectivity index (χ2v) is 3.50. The van der Waals surface area contributed by atoms with Crippen molar-refractivity contribution >= 4 is 0 Å². The van der Waals surface area contributed by atoms with E-state index in [0.717, 1.165) is 32.8 Å². The van der Waals surface area contributed by atoms with E-state index in [1.54, 1.807) is 0 Å². The van der Waals surface area contributed by atoms with Crippen LogP contribution in [0, 0.1) is 11.3 Å². The third-order valence-corrected chi connectivity index (χ3v) is 2.24. The highest BCUT2D eigenvalue weighted by molar-refractivity contribution is 4.69. The van der Waals surface area contributed by atoms with Gasteiger partial charge >= 0.3 is 0 Å². The number of nitrogens with zero attached hydrogens (tertiary/aromatic N) is 2. The molecule has 4 nitrogen and oxygen atoms in total. The molecule has 1 heterocycles. The minimum atomic E-state index is 0.210. The van der Waals surface area contributed by atoms with Crippen molar-refractivity contribution in [2.45, 2.75) is 19.4 Å². The van der Waals surface area contributed by atoms with Gasteiger partial charge in [0, 0.05) is 19.6 Å². The lowest BCUT2D eigenvalue weighted by atomic mass is 10.3. The summed E-state index contributed by atoms with van der Waals surface area (Å²) in [5.41, 5.74) is 0. The molecule has 1 aliphatic rings. The number of rotatable bonds is 5. The summed E-state index contributed by atoms with van der Waals surface area (Å²) in [7, 11) is 0. The predicted molar refractivity (Wildman–Crippen MR) is 52.9 cm³/mol. The molecule has 80 valence electrons. The maximum Gasteiger partial charge on any atom is 0.0674 e. The van der Waals surface area contributed by atoms with Crippen molar-refractivity contribution in [2.75, 3.05) is 39.5 Å². The Balaban J connectivity index is 2.06. The molecular weight excluding hydrogens is 180 g/mol. The van der Waals surface area contributed by atoms with Gasteiger partial charge in [-0.1, -0.05) is 0 Å². The van der Waals surface area contributed by atoms with E-state index < -0.39 is 0 Å². The van der Waals surface area contributed by atoms with Crippen molar-refractivity contribution in [1.82, 2.24) is 4.90 Å². The van der Waals surface area contributed by atoms with Gasteiger partial charge in [-0.3, -0.25) is 4.90 Å². The number of hydrogen-bond acceptors (Lipinski definition) is 4. The third-order valence-electron chi connectivity index (χ3n) is 2.24. The maximum atomic E-state index is 8.34. The maximum absolute atomic E-state index is 8.34. The third kappa shape index (κ3) is 4.56. The summed E-state index contributed by atoms with van der Waals surface area (Å²) in [6.07, 6.45) is 0.689. The Kier molecular flexibility index (Phi) is 5.53. The fraction of sp³-hybridized carbons (Fsp3) is 0.900. The highest BCUT2D eigenvalue weighted by atomic mass is 16.5. The molecule has 0 spiro atoms. The van der Waals surface area contributed by atoms with Crippen molar-refractivity contribution in [1.29, 1.82) is 5.26 Å². The zero-order valence-electron chi connectivity index (χ0n) is 8.74. The molecule has 1 rings (SSSR count). The first-order valence-corrected chi connectivity index (χ1v) is 5.11. The van der Waals surface area contributed by atoms with Gasteiger partial charge in [0.15, 0.2) is 0 Å². The van der Waals surface area contributed by atoms with Crippen LogP contribution in [0.15, 0.2) is 0 Å². The molecule has 0 aromatic rings. The Morgan fingerprint density at radius 2 is 2.21 bits per heavy atom. The first kappa shape index (κ1) is 11.4. The van der Waals surface area contributed by atoms with E-state index in [0.29, 0.717) is 13.0 Å². The van der Waals surface area contributed by atoms with Gasteiger partial charge < -0.3 is 9.47 Å². The van der Waals surface area contributed by atoms with Gasteiger partial charge in [-0.2, -0.15) is 5.26 Å². The van der Waals surface area contributed by atoms with Gasteiger partial charge in [-0.05, 0) is 6.92 Å². The lowest BCUT2D eigenvalue weighted by molar-refractivity contribution is -0.00429. The number of morpholine rings is 1. The average Bonchev–Trinajstić information content (AvgIpc) is 2.20. The standard InChI is InChI=1S/C10H18N2O2/c1-10(14-6-2-3-11)9-12-4-7-13-8-5-12/h10H,2,4-9H2,1H3. The molecule has 1 atom stereocenters. The van der Waals surface area contributed by atoms with Gasteiger partial charge in [0.2, 0.25) is 0 Å². The molecule has 0 amide bonds. The van der Waals surface area contributed by atoms with E-state index in [-0.39, 0.29) is 6.10 Å². The van der Waals surface area contributed by atoms with E-state index in [9.17, 15) is 0 Å². The summed E-state index contributed by atoms with van der Waals surface area (Å²) in [6.45, 7) is 7.16. The van der Waals surface area contributed by atoms with Crippen LogP contribution in [0.25, 0.3) is 0 Å². The van der Waals surface area contributed by atoms with Crippen LogP contribution < -0.4 is 0 Å². The lowest BCUT2D eigenvalue weighted by Crippen LogP contribution is -2.40. The second-order valence-electron chi connectivity index (χ2n) is 3.50. The van der Waals surface area contributed by atoms with E-state index in [1.807, 2.05) is 6.92 Å². The minimum Gasteiger partial charge on any atom is -0.379 e. The molecule has 1 aliphatic heterocycles. The molecule has 0 saturated carbocycles. The van der Waals surface area contributed by atoms with Gasteiger partial charge in [0.1, 0.15) is 0 Å². The van der Waals surface area contributed by atoms with Gasteiger partial charge in [-0.15, -0.1) is 0 Å². The summed E-state index contributed by atoms with van der Waals surface area (Å²) in [5, 5.41) is 8.34. The van der Waals surface area contributed by atoms with E-state index >= 15 is 0 Å². The van der Waals surface area contributed by atoms with Gasteiger partial charge in [-0.25, -0.2) is 0 Å². The van der Waals surface area contributed by atoms with E-state index in [4.69, 9.17) is 14.7 Å². The Labute approximate surface area is 85.4 Å². The molecular formula is C10H18N2O2. The normalized spacial score (nSPS) is 20.3. The first-order valence-electron chi connectivity index (χ1n) is 5.11. The van der Waals surface area contributed by atoms with E-state index in [1.165, 1.54) is 0 Å². The van der Waals surface area contributed by atoms with Crippen LogP contribution in [-0.4, -0.2) is 50.5 Å². The van der Waals surface area contributed by atoms with Crippen LogP contribution in [0.1, 0.15) is 13.3 Å². The zero-order chi connectivity index (χ0) is 10.2. The summed E-state index contributed by atoms with van der Waals surface area (Å²) in [5.74, 6) is 0. The number of nitriles is 1. The molecule has 1 unspecified atom stereocenters. The molecule has 0 aromatic carbocycles. The molecule has 1 fully saturated rings. The van der Waals surface area contributed by atoms with Crippen LogP contribution in [0.2, 0.25) is 0 Å². The number of hydrogen-bond donors (Lipinski definition) is 0. The molecule has 0 aromatic heterocycles. The topological polar surface area (TPSA) is 45.5 Å². The second kappa shape index (κ2) is 6.77. The molecule has 14 heavy (non-hydrogen) atoms. The highest BCUT2D eigenvalue weighted by Crippen LogP contribution is 2.01. The fourth-order valence-electron chi connectivity index (χ4n) is 1.51. The van der Waals surface area contributed by atoms with Crippen molar-refractivity contribution in [3.05, 3.63) is 0 Å². The van der Waals surface area contributed by atoms with Crippen LogP contribution in [0.4, 0.5) is 0 Å². The fourth-order valence-corrected chi connectivity index (χ4v) is 1.51. The summed E-state index contributed by atoms with van der Waals surface area (Å²) < 4.78 is 10.7. The van der Waals surface area contributed by atoms with Crippen LogP contribution in [-0.2, 0) is 9.47 Å². The quantitative estimate of drug-likeness (QED) is 0.608. The number of ether oxygens (including phenoxy) is 2. The molecule has 0 radical (unpaired) electrons. The van der Waals surface area contributed by atoms with Crippen molar-refractivity contribution < 1.29 is 9.47 Å². The van der Waals surface area contributed by atoms with Crippen molar-refractivity contribution in [3.8, 4) is 6.07 Å². The molecule has 0 bridgehead atoms. The minimum absolute atomic E-state index is 0.210. The van der Waals surface area contributed by atoms with Gasteiger partial charge in [0.05, 0.1) is 38.4 Å². The Bertz CT molecular complexity index is 185. The van der Waals surface area contributed by atoms with Gasteiger partial charge in [0.25, 0.3) is 0 Å². The molecule has 1 saturated heterocycles. The Morgan fingerprint density at radius 3 is 2.86 bits per heavy atom. The average molecular weight is 198 g/mol. The zero-order valence-corrected chi connectivity index (χ0v) is 8.74. The van der Waals surface area contributed by atoms with E-state index in [2.05, 4.69) is 11.0 Å². The monoisotopic (exact) mass is 198 g/mol. The SMILES string of the molecule is CC(CN1CCOCC1)OCCC#N. The summed E-state index contributed by atoms with van der Waals surface area (Å²) >= 11 is 0. The lowest BCUT2D eigenvalue weighted by Gasteiger charge is -2.28. The summed E-state index contributed by atoms with van der Waals surface area (Å²) in [4.78, 5) is 2.33. The smallest absolute Gasteiger partial charge is 0.0674 e. The predicted octanol–water partition coefficient (Wildman–Crippen LogP) is 0.637. The molecule has 0 aliphatic carbocycles. The van der Waals surface area contributed by atoms with Crippen molar-refractivity contribution in [3.63, 3.8) is 0 Å². The first-order chi connectivity index (χ1) is 6.83. The highest BCUT2D eigenvalue weighted by Gasteiger charge is 2.13. The van der Waals surface area contributed by atoms with Crippen LogP contribution in [0.3, 0.4) is 0 Å². The Morgan fingerprint density at radius 1 is 1.50 bits per heavy atom. The summed E-state index contributed by atoms with van der Waals surface area (Å²) in [6, 6.07) is 2.07. The molecule has 4 heteroatoms. The molecule has 0 N–H and O–H groups in total.